The van der Waals surface area contributed by atoms with E-state index in [9.17, 15) is 0 Å². The van der Waals surface area contributed by atoms with E-state index in [-0.39, 0.29) is 5.54 Å². The van der Waals surface area contributed by atoms with Crippen molar-refractivity contribution in [3.8, 4) is 0 Å². The lowest BCUT2D eigenvalue weighted by Crippen LogP contribution is -2.39. The van der Waals surface area contributed by atoms with Gasteiger partial charge in [0, 0.05) is 5.54 Å². The van der Waals surface area contributed by atoms with Crippen LogP contribution in [0.3, 0.4) is 0 Å². The van der Waals surface area contributed by atoms with Gasteiger partial charge in [0.15, 0.2) is 0 Å². The van der Waals surface area contributed by atoms with E-state index in [1.54, 1.807) is 0 Å². The number of hydrogen-bond donors (Lipinski definition) is 1. The molecule has 0 aliphatic heterocycles. The van der Waals surface area contributed by atoms with Crippen LogP contribution < -0.4 is 5.73 Å². The summed E-state index contributed by atoms with van der Waals surface area (Å²) in [4.78, 5) is 0. The van der Waals surface area contributed by atoms with Crippen LogP contribution in [-0.2, 0) is 5.54 Å². The summed E-state index contributed by atoms with van der Waals surface area (Å²) in [5.41, 5.74) is 10.1. The van der Waals surface area contributed by atoms with Crippen LogP contribution in [0.5, 0.6) is 0 Å². The Kier molecular flexibility index (Phi) is 3.56. The first-order valence-electron chi connectivity index (χ1n) is 5.75. The highest BCUT2D eigenvalue weighted by Gasteiger charge is 2.27. The topological polar surface area (TPSA) is 26.0 Å². The van der Waals surface area contributed by atoms with Gasteiger partial charge in [0.2, 0.25) is 0 Å². The van der Waals surface area contributed by atoms with Gasteiger partial charge in [-0.15, -0.1) is 0 Å². The zero-order chi connectivity index (χ0) is 11.6. The number of hydrogen-bond acceptors (Lipinski definition) is 1. The van der Waals surface area contributed by atoms with Crippen molar-refractivity contribution >= 4 is 0 Å². The van der Waals surface area contributed by atoms with Crippen molar-refractivity contribution in [3.05, 3.63) is 34.9 Å². The summed E-state index contributed by atoms with van der Waals surface area (Å²) in [6.07, 6.45) is 1.11. The normalized spacial score (nSPS) is 17.2. The van der Waals surface area contributed by atoms with Crippen LogP contribution in [0.2, 0.25) is 0 Å². The highest BCUT2D eigenvalue weighted by Crippen LogP contribution is 2.29. The van der Waals surface area contributed by atoms with Crippen LogP contribution in [0.15, 0.2) is 18.2 Å². The smallest absolute Gasteiger partial charge is 0.0407 e. The Morgan fingerprint density at radius 1 is 1.20 bits per heavy atom. The molecule has 15 heavy (non-hydrogen) atoms. The first kappa shape index (κ1) is 12.3. The number of nitrogens with two attached hydrogens (primary N) is 1. The van der Waals surface area contributed by atoms with Crippen LogP contribution in [0.1, 0.15) is 43.9 Å². The molecule has 0 spiro atoms. The Balaban J connectivity index is 3.14. The van der Waals surface area contributed by atoms with E-state index in [0.29, 0.717) is 5.92 Å². The van der Waals surface area contributed by atoms with Crippen LogP contribution in [0.25, 0.3) is 0 Å². The number of benzene rings is 1. The van der Waals surface area contributed by atoms with Gasteiger partial charge in [-0.2, -0.15) is 0 Å². The summed E-state index contributed by atoms with van der Waals surface area (Å²) in [6.45, 7) is 10.8. The molecule has 0 aromatic heterocycles. The second-order valence-electron chi connectivity index (χ2n) is 4.97. The molecule has 1 aromatic carbocycles. The minimum absolute atomic E-state index is 0.217. The van der Waals surface area contributed by atoms with E-state index in [2.05, 4.69) is 52.8 Å². The molecule has 0 fully saturated rings. The second kappa shape index (κ2) is 4.36. The molecule has 1 rings (SSSR count). The van der Waals surface area contributed by atoms with Gasteiger partial charge in [-0.05, 0) is 32.3 Å². The van der Waals surface area contributed by atoms with Crippen LogP contribution in [0, 0.1) is 19.8 Å². The van der Waals surface area contributed by atoms with Crippen molar-refractivity contribution < 1.29 is 0 Å². The SMILES string of the molecule is CCC(C)C(C)(N)c1cc(C)cc(C)c1. The average Bonchev–Trinajstić information content (AvgIpc) is 2.15. The van der Waals surface area contributed by atoms with Crippen molar-refractivity contribution in [1.82, 2.24) is 0 Å². The summed E-state index contributed by atoms with van der Waals surface area (Å²) < 4.78 is 0. The van der Waals surface area contributed by atoms with Gasteiger partial charge in [-0.3, -0.25) is 0 Å². The molecule has 0 radical (unpaired) electrons. The molecule has 0 aliphatic rings. The first-order valence-corrected chi connectivity index (χ1v) is 5.75. The lowest BCUT2D eigenvalue weighted by atomic mass is 9.79. The number of rotatable bonds is 3. The third-order valence-electron chi connectivity index (χ3n) is 3.48. The second-order valence-corrected chi connectivity index (χ2v) is 4.97. The van der Waals surface area contributed by atoms with Gasteiger partial charge in [-0.25, -0.2) is 0 Å². The van der Waals surface area contributed by atoms with Crippen molar-refractivity contribution in [1.29, 1.82) is 0 Å². The maximum absolute atomic E-state index is 6.43. The molecule has 0 saturated carbocycles. The van der Waals surface area contributed by atoms with Crippen molar-refractivity contribution in [2.75, 3.05) is 0 Å². The average molecular weight is 205 g/mol. The van der Waals surface area contributed by atoms with Gasteiger partial charge in [0.25, 0.3) is 0 Å². The van der Waals surface area contributed by atoms with Crippen LogP contribution in [0.4, 0.5) is 0 Å². The standard InChI is InChI=1S/C14H23N/c1-6-12(4)14(5,15)13-8-10(2)7-11(3)9-13/h7-9,12H,6,15H2,1-5H3. The molecule has 1 nitrogen and oxygen atoms in total. The minimum Gasteiger partial charge on any atom is -0.321 e. The molecule has 2 atom stereocenters. The summed E-state index contributed by atoms with van der Waals surface area (Å²) in [5, 5.41) is 0. The summed E-state index contributed by atoms with van der Waals surface area (Å²) >= 11 is 0. The van der Waals surface area contributed by atoms with Crippen LogP contribution >= 0.6 is 0 Å². The Bertz CT molecular complexity index is 319. The Morgan fingerprint density at radius 3 is 2.07 bits per heavy atom. The molecule has 0 heterocycles. The van der Waals surface area contributed by atoms with E-state index >= 15 is 0 Å². The molecule has 0 amide bonds. The maximum atomic E-state index is 6.43. The Labute approximate surface area is 93.7 Å². The monoisotopic (exact) mass is 205 g/mol. The molecular weight excluding hydrogens is 182 g/mol. The van der Waals surface area contributed by atoms with Crippen molar-refractivity contribution in [2.45, 2.75) is 46.6 Å². The van der Waals surface area contributed by atoms with E-state index in [4.69, 9.17) is 5.73 Å². The van der Waals surface area contributed by atoms with E-state index in [1.807, 2.05) is 0 Å². The number of aryl methyl sites for hydroxylation is 2. The Morgan fingerprint density at radius 2 is 1.67 bits per heavy atom. The minimum atomic E-state index is -0.217. The summed E-state index contributed by atoms with van der Waals surface area (Å²) in [5.74, 6) is 0.499. The maximum Gasteiger partial charge on any atom is 0.0407 e. The lowest BCUT2D eigenvalue weighted by Gasteiger charge is -2.32. The molecule has 84 valence electrons. The molecule has 0 saturated heterocycles. The van der Waals surface area contributed by atoms with Crippen molar-refractivity contribution in [2.24, 2.45) is 11.7 Å². The van der Waals surface area contributed by atoms with Gasteiger partial charge >= 0.3 is 0 Å². The van der Waals surface area contributed by atoms with Crippen molar-refractivity contribution in [3.63, 3.8) is 0 Å². The summed E-state index contributed by atoms with van der Waals surface area (Å²) in [7, 11) is 0. The summed E-state index contributed by atoms with van der Waals surface area (Å²) in [6, 6.07) is 6.61. The molecule has 1 aromatic rings. The highest BCUT2D eigenvalue weighted by atomic mass is 14.7. The quantitative estimate of drug-likeness (QED) is 0.802. The molecule has 2 unspecified atom stereocenters. The molecular formula is C14H23N. The fraction of sp³-hybridized carbons (Fsp3) is 0.571. The zero-order valence-corrected chi connectivity index (χ0v) is 10.6. The largest absolute Gasteiger partial charge is 0.321 e. The fourth-order valence-electron chi connectivity index (χ4n) is 1.99. The predicted octanol–water partition coefficient (Wildman–Crippen LogP) is 3.52. The van der Waals surface area contributed by atoms with E-state index in [0.717, 1.165) is 6.42 Å². The lowest BCUT2D eigenvalue weighted by molar-refractivity contribution is 0.316. The predicted molar refractivity (Wildman–Crippen MR) is 66.9 cm³/mol. The van der Waals surface area contributed by atoms with Gasteiger partial charge in [0.1, 0.15) is 0 Å². The first-order chi connectivity index (χ1) is 6.87. The fourth-order valence-corrected chi connectivity index (χ4v) is 1.99. The van der Waals surface area contributed by atoms with E-state index < -0.39 is 0 Å². The van der Waals surface area contributed by atoms with E-state index in [1.165, 1.54) is 16.7 Å². The zero-order valence-electron chi connectivity index (χ0n) is 10.6. The highest BCUT2D eigenvalue weighted by molar-refractivity contribution is 5.33. The third-order valence-corrected chi connectivity index (χ3v) is 3.48. The molecule has 0 aliphatic carbocycles. The third kappa shape index (κ3) is 2.60. The van der Waals surface area contributed by atoms with Gasteiger partial charge in [-0.1, -0.05) is 49.6 Å². The molecule has 0 bridgehead atoms. The van der Waals surface area contributed by atoms with Crippen LogP contribution in [-0.4, -0.2) is 0 Å². The van der Waals surface area contributed by atoms with Gasteiger partial charge < -0.3 is 5.73 Å². The molecule has 1 heteroatoms. The van der Waals surface area contributed by atoms with Gasteiger partial charge in [0.05, 0.1) is 0 Å². The molecule has 2 N–H and O–H groups in total. The Hall–Kier alpha value is -0.820.